The van der Waals surface area contributed by atoms with Crippen LogP contribution in [0.15, 0.2) is 72.6 Å². The number of rotatable bonds is 4. The first-order chi connectivity index (χ1) is 10.9. The SMILES string of the molecule is CCCC1CNCCC1OC1=C/C=C\C=C/C=C\C=C/C=C\1. The van der Waals surface area contributed by atoms with Crippen LogP contribution in [-0.4, -0.2) is 19.2 Å². The van der Waals surface area contributed by atoms with Gasteiger partial charge in [0.15, 0.2) is 0 Å². The Hall–Kier alpha value is -1.80. The van der Waals surface area contributed by atoms with Crippen molar-refractivity contribution < 1.29 is 4.74 Å². The first-order valence-electron chi connectivity index (χ1n) is 8.32. The van der Waals surface area contributed by atoms with E-state index in [-0.39, 0.29) is 0 Å². The molecule has 1 fully saturated rings. The van der Waals surface area contributed by atoms with Crippen LogP contribution in [0.5, 0.6) is 0 Å². The molecule has 0 aromatic rings. The summed E-state index contributed by atoms with van der Waals surface area (Å²) in [7, 11) is 0. The van der Waals surface area contributed by atoms with Gasteiger partial charge in [0.05, 0.1) is 0 Å². The van der Waals surface area contributed by atoms with Gasteiger partial charge in [0.1, 0.15) is 11.9 Å². The molecule has 0 saturated carbocycles. The second-order valence-corrected chi connectivity index (χ2v) is 5.67. The van der Waals surface area contributed by atoms with Crippen LogP contribution in [0.1, 0.15) is 26.2 Å². The van der Waals surface area contributed by atoms with E-state index in [0.717, 1.165) is 25.3 Å². The third-order valence-electron chi connectivity index (χ3n) is 3.89. The third-order valence-corrected chi connectivity index (χ3v) is 3.89. The molecule has 2 rings (SSSR count). The Labute approximate surface area is 134 Å². The molecule has 1 aliphatic heterocycles. The highest BCUT2D eigenvalue weighted by atomic mass is 16.5. The average Bonchev–Trinajstić information content (AvgIpc) is 2.52. The lowest BCUT2D eigenvalue weighted by atomic mass is 9.91. The zero-order valence-electron chi connectivity index (χ0n) is 13.4. The lowest BCUT2D eigenvalue weighted by molar-refractivity contribution is 0.0436. The molecule has 0 radical (unpaired) electrons. The lowest BCUT2D eigenvalue weighted by Gasteiger charge is -2.32. The zero-order chi connectivity index (χ0) is 15.5. The summed E-state index contributed by atoms with van der Waals surface area (Å²) in [4.78, 5) is 0. The predicted octanol–water partition coefficient (Wildman–Crippen LogP) is 4.46. The van der Waals surface area contributed by atoms with Crippen molar-refractivity contribution in [2.45, 2.75) is 32.3 Å². The molecule has 0 aromatic carbocycles. The van der Waals surface area contributed by atoms with E-state index in [0.29, 0.717) is 12.0 Å². The Morgan fingerprint density at radius 3 is 2.41 bits per heavy atom. The quantitative estimate of drug-likeness (QED) is 0.827. The highest BCUT2D eigenvalue weighted by molar-refractivity contribution is 5.27. The Bertz CT molecular complexity index is 492. The summed E-state index contributed by atoms with van der Waals surface area (Å²) in [5.41, 5.74) is 0. The standard InChI is InChI=1S/C20H27NO/c1-2-12-18-17-21-16-15-20(18)22-19-13-10-8-6-4-3-5-7-9-11-14-19/h3-11,13-14,18,20-21H,2,12,15-17H2,1H3/b4-3-,5-3?,6-4?,7-5-,8-6-,9-7?,10-8?,11-9-,13-10-,14-11?,19-13?,19-14+. The molecule has 2 aliphatic rings. The van der Waals surface area contributed by atoms with Crippen LogP contribution < -0.4 is 5.32 Å². The van der Waals surface area contributed by atoms with E-state index in [9.17, 15) is 0 Å². The summed E-state index contributed by atoms with van der Waals surface area (Å²) >= 11 is 0. The molecule has 0 bridgehead atoms. The average molecular weight is 297 g/mol. The van der Waals surface area contributed by atoms with Crippen molar-refractivity contribution in [1.29, 1.82) is 0 Å². The minimum absolute atomic E-state index is 0.317. The van der Waals surface area contributed by atoms with Gasteiger partial charge in [-0.2, -0.15) is 0 Å². The van der Waals surface area contributed by atoms with Crippen LogP contribution >= 0.6 is 0 Å². The normalized spacial score (nSPS) is 35.0. The van der Waals surface area contributed by atoms with Gasteiger partial charge in [0.2, 0.25) is 0 Å². The molecule has 0 amide bonds. The maximum Gasteiger partial charge on any atom is 0.119 e. The van der Waals surface area contributed by atoms with Crippen molar-refractivity contribution >= 4 is 0 Å². The van der Waals surface area contributed by atoms with E-state index in [1.165, 1.54) is 12.8 Å². The maximum absolute atomic E-state index is 6.31. The highest BCUT2D eigenvalue weighted by Gasteiger charge is 2.25. The second kappa shape index (κ2) is 10.0. The van der Waals surface area contributed by atoms with E-state index in [1.807, 2.05) is 66.8 Å². The van der Waals surface area contributed by atoms with Gasteiger partial charge in [0, 0.05) is 12.5 Å². The molecule has 2 heteroatoms. The molecule has 118 valence electrons. The molecule has 1 aliphatic carbocycles. The number of allylic oxidation sites excluding steroid dienone is 11. The van der Waals surface area contributed by atoms with Crippen molar-refractivity contribution in [3.8, 4) is 0 Å². The van der Waals surface area contributed by atoms with Gasteiger partial charge >= 0.3 is 0 Å². The van der Waals surface area contributed by atoms with Crippen LogP contribution in [0, 0.1) is 5.92 Å². The topological polar surface area (TPSA) is 21.3 Å². The molecule has 2 atom stereocenters. The second-order valence-electron chi connectivity index (χ2n) is 5.67. The monoisotopic (exact) mass is 297 g/mol. The van der Waals surface area contributed by atoms with Crippen molar-refractivity contribution in [2.24, 2.45) is 5.92 Å². The molecular formula is C20H27NO. The molecular weight excluding hydrogens is 270 g/mol. The summed E-state index contributed by atoms with van der Waals surface area (Å²) in [5.74, 6) is 1.55. The number of hydrogen-bond donors (Lipinski definition) is 1. The number of hydrogen-bond acceptors (Lipinski definition) is 2. The Morgan fingerprint density at radius 2 is 1.68 bits per heavy atom. The molecule has 0 aromatic heterocycles. The summed E-state index contributed by atoms with van der Waals surface area (Å²) in [6.07, 6.45) is 26.1. The Balaban J connectivity index is 2.06. The maximum atomic E-state index is 6.31. The van der Waals surface area contributed by atoms with E-state index in [4.69, 9.17) is 4.74 Å². The van der Waals surface area contributed by atoms with Crippen LogP contribution in [0.2, 0.25) is 0 Å². The molecule has 2 nitrogen and oxygen atoms in total. The van der Waals surface area contributed by atoms with Crippen molar-refractivity contribution in [2.75, 3.05) is 13.1 Å². The van der Waals surface area contributed by atoms with Gasteiger partial charge in [0.25, 0.3) is 0 Å². The number of piperidine rings is 1. The summed E-state index contributed by atoms with van der Waals surface area (Å²) < 4.78 is 6.31. The van der Waals surface area contributed by atoms with E-state index >= 15 is 0 Å². The predicted molar refractivity (Wildman–Crippen MR) is 94.5 cm³/mol. The Morgan fingerprint density at radius 1 is 1.00 bits per heavy atom. The van der Waals surface area contributed by atoms with Crippen LogP contribution in [0.25, 0.3) is 0 Å². The zero-order valence-corrected chi connectivity index (χ0v) is 13.4. The van der Waals surface area contributed by atoms with Gasteiger partial charge in [-0.25, -0.2) is 0 Å². The van der Waals surface area contributed by atoms with Crippen LogP contribution in [0.4, 0.5) is 0 Å². The van der Waals surface area contributed by atoms with Crippen LogP contribution in [0.3, 0.4) is 0 Å². The van der Waals surface area contributed by atoms with Gasteiger partial charge in [-0.1, -0.05) is 68.0 Å². The van der Waals surface area contributed by atoms with Crippen molar-refractivity contribution in [3.63, 3.8) is 0 Å². The molecule has 1 N–H and O–H groups in total. The van der Waals surface area contributed by atoms with E-state index in [2.05, 4.69) is 12.2 Å². The first-order valence-corrected chi connectivity index (χ1v) is 8.32. The lowest BCUT2D eigenvalue weighted by Crippen LogP contribution is -2.41. The first kappa shape index (κ1) is 16.6. The Kier molecular flexibility index (Phi) is 7.54. The fraction of sp³-hybridized carbons (Fsp3) is 0.400. The number of nitrogens with one attached hydrogen (secondary N) is 1. The summed E-state index contributed by atoms with van der Waals surface area (Å²) in [6, 6.07) is 0. The van der Waals surface area contributed by atoms with Crippen molar-refractivity contribution in [3.05, 3.63) is 72.6 Å². The fourth-order valence-electron chi connectivity index (χ4n) is 2.77. The highest BCUT2D eigenvalue weighted by Crippen LogP contribution is 2.23. The minimum Gasteiger partial charge on any atom is -0.490 e. The number of ether oxygens (including phenoxy) is 1. The van der Waals surface area contributed by atoms with Gasteiger partial charge < -0.3 is 10.1 Å². The van der Waals surface area contributed by atoms with Gasteiger partial charge in [-0.15, -0.1) is 0 Å². The van der Waals surface area contributed by atoms with E-state index in [1.54, 1.807) is 0 Å². The third kappa shape index (κ3) is 5.90. The molecule has 1 saturated heterocycles. The summed E-state index contributed by atoms with van der Waals surface area (Å²) in [6.45, 7) is 4.36. The summed E-state index contributed by atoms with van der Waals surface area (Å²) in [5, 5.41) is 3.48. The molecule has 22 heavy (non-hydrogen) atoms. The smallest absolute Gasteiger partial charge is 0.119 e. The van der Waals surface area contributed by atoms with Gasteiger partial charge in [-0.3, -0.25) is 0 Å². The molecule has 2 unspecified atom stereocenters. The molecule has 0 spiro atoms. The van der Waals surface area contributed by atoms with E-state index < -0.39 is 0 Å². The van der Waals surface area contributed by atoms with Crippen molar-refractivity contribution in [1.82, 2.24) is 5.32 Å². The molecule has 1 heterocycles. The van der Waals surface area contributed by atoms with Gasteiger partial charge in [-0.05, 0) is 31.5 Å². The largest absolute Gasteiger partial charge is 0.490 e. The fourth-order valence-corrected chi connectivity index (χ4v) is 2.77. The minimum atomic E-state index is 0.317. The van der Waals surface area contributed by atoms with Crippen LogP contribution in [-0.2, 0) is 4.74 Å².